The molecule has 1 amide bonds. The lowest BCUT2D eigenvalue weighted by Gasteiger charge is -2.10. The fraction of sp³-hybridized carbons (Fsp3) is 0.0625. The Balaban J connectivity index is 2.32. The zero-order valence-electron chi connectivity index (χ0n) is 12.7. The molecule has 0 aromatic heterocycles. The first-order chi connectivity index (χ1) is 11.7. The number of hydrogen-bond acceptors (Lipinski definition) is 3. The van der Waals surface area contributed by atoms with Crippen molar-refractivity contribution in [1.82, 2.24) is 4.72 Å². The molecule has 132 valence electrons. The average Bonchev–Trinajstić information content (AvgIpc) is 2.55. The predicted molar refractivity (Wildman–Crippen MR) is 91.1 cm³/mol. The van der Waals surface area contributed by atoms with Crippen LogP contribution >= 0.6 is 11.6 Å². The van der Waals surface area contributed by atoms with Crippen molar-refractivity contribution >= 4 is 33.2 Å². The van der Waals surface area contributed by atoms with E-state index in [1.165, 1.54) is 18.2 Å². The third kappa shape index (κ3) is 4.62. The fourth-order valence-corrected chi connectivity index (χ4v) is 3.14. The minimum Gasteiger partial charge on any atom is -0.319 e. The smallest absolute Gasteiger partial charge is 0.255 e. The Morgan fingerprint density at radius 2 is 1.88 bits per heavy atom. The SMILES string of the molecule is C=CCNS(=O)(=O)c1cc(C(=O)Nc2ccc(Cl)cc2F)ccc1F. The molecule has 5 nitrogen and oxygen atoms in total. The van der Waals surface area contributed by atoms with Crippen LogP contribution in [0.15, 0.2) is 53.9 Å². The zero-order valence-corrected chi connectivity index (χ0v) is 14.3. The molecule has 0 spiro atoms. The van der Waals surface area contributed by atoms with Gasteiger partial charge in [0.15, 0.2) is 0 Å². The molecule has 0 fully saturated rings. The van der Waals surface area contributed by atoms with Gasteiger partial charge < -0.3 is 5.32 Å². The van der Waals surface area contributed by atoms with E-state index in [2.05, 4.69) is 16.6 Å². The van der Waals surface area contributed by atoms with E-state index in [1.807, 2.05) is 0 Å². The first-order valence-electron chi connectivity index (χ1n) is 6.91. The Labute approximate surface area is 148 Å². The average molecular weight is 387 g/mol. The lowest BCUT2D eigenvalue weighted by atomic mass is 10.2. The number of benzene rings is 2. The molecule has 0 unspecified atom stereocenters. The summed E-state index contributed by atoms with van der Waals surface area (Å²) < 4.78 is 53.7. The van der Waals surface area contributed by atoms with E-state index < -0.39 is 32.5 Å². The van der Waals surface area contributed by atoms with Gasteiger partial charge in [0.2, 0.25) is 10.0 Å². The van der Waals surface area contributed by atoms with Gasteiger partial charge in [-0.1, -0.05) is 17.7 Å². The largest absolute Gasteiger partial charge is 0.319 e. The van der Waals surface area contributed by atoms with Gasteiger partial charge in [-0.05, 0) is 36.4 Å². The molecule has 25 heavy (non-hydrogen) atoms. The van der Waals surface area contributed by atoms with Gasteiger partial charge >= 0.3 is 0 Å². The quantitative estimate of drug-likeness (QED) is 0.748. The van der Waals surface area contributed by atoms with Gasteiger partial charge in [-0.2, -0.15) is 0 Å². The molecule has 0 saturated heterocycles. The van der Waals surface area contributed by atoms with Crippen LogP contribution in [0, 0.1) is 11.6 Å². The Morgan fingerprint density at radius 1 is 1.16 bits per heavy atom. The number of rotatable bonds is 6. The van der Waals surface area contributed by atoms with E-state index in [9.17, 15) is 22.0 Å². The number of nitrogens with one attached hydrogen (secondary N) is 2. The van der Waals surface area contributed by atoms with Crippen LogP contribution in [0.25, 0.3) is 0 Å². The van der Waals surface area contributed by atoms with E-state index in [0.29, 0.717) is 0 Å². The van der Waals surface area contributed by atoms with Crippen LogP contribution in [0.5, 0.6) is 0 Å². The second-order valence-corrected chi connectivity index (χ2v) is 7.04. The maximum absolute atomic E-state index is 13.8. The van der Waals surface area contributed by atoms with Crippen LogP contribution < -0.4 is 10.0 Å². The lowest BCUT2D eigenvalue weighted by Crippen LogP contribution is -2.25. The van der Waals surface area contributed by atoms with Crippen molar-refractivity contribution in [2.45, 2.75) is 4.90 Å². The molecular weight excluding hydrogens is 374 g/mol. The minimum absolute atomic E-state index is 0.103. The summed E-state index contributed by atoms with van der Waals surface area (Å²) in [5.74, 6) is -2.59. The maximum atomic E-state index is 13.8. The number of amides is 1. The third-order valence-corrected chi connectivity index (χ3v) is 4.75. The van der Waals surface area contributed by atoms with E-state index in [-0.39, 0.29) is 22.8 Å². The van der Waals surface area contributed by atoms with Crippen molar-refractivity contribution in [3.05, 3.63) is 71.3 Å². The molecule has 0 aliphatic heterocycles. The van der Waals surface area contributed by atoms with E-state index >= 15 is 0 Å². The monoisotopic (exact) mass is 386 g/mol. The van der Waals surface area contributed by atoms with E-state index in [1.54, 1.807) is 0 Å². The van der Waals surface area contributed by atoms with Crippen LogP contribution in [-0.2, 0) is 10.0 Å². The van der Waals surface area contributed by atoms with Gasteiger partial charge in [-0.25, -0.2) is 21.9 Å². The molecule has 0 aliphatic carbocycles. The van der Waals surface area contributed by atoms with Gasteiger partial charge in [-0.3, -0.25) is 4.79 Å². The van der Waals surface area contributed by atoms with Crippen LogP contribution in [0.1, 0.15) is 10.4 Å². The number of carbonyl (C=O) groups excluding carboxylic acids is 1. The number of halogens is 3. The summed E-state index contributed by atoms with van der Waals surface area (Å²) in [5.41, 5.74) is -0.303. The molecule has 2 rings (SSSR count). The molecule has 9 heteroatoms. The third-order valence-electron chi connectivity index (χ3n) is 3.08. The Hall–Kier alpha value is -2.29. The summed E-state index contributed by atoms with van der Waals surface area (Å²) in [7, 11) is -4.16. The normalized spacial score (nSPS) is 11.2. The lowest BCUT2D eigenvalue weighted by molar-refractivity contribution is 0.102. The van der Waals surface area contributed by atoms with Gasteiger partial charge in [0.25, 0.3) is 5.91 Å². The summed E-state index contributed by atoms with van der Waals surface area (Å²) >= 11 is 5.63. The van der Waals surface area contributed by atoms with Crippen molar-refractivity contribution in [3.8, 4) is 0 Å². The van der Waals surface area contributed by atoms with Crippen molar-refractivity contribution in [1.29, 1.82) is 0 Å². The Morgan fingerprint density at radius 3 is 2.52 bits per heavy atom. The molecule has 2 aromatic rings. The molecule has 0 aliphatic rings. The van der Waals surface area contributed by atoms with Gasteiger partial charge in [0.1, 0.15) is 16.5 Å². The highest BCUT2D eigenvalue weighted by atomic mass is 35.5. The van der Waals surface area contributed by atoms with Crippen LogP contribution in [0.3, 0.4) is 0 Å². The molecule has 2 aromatic carbocycles. The summed E-state index contributed by atoms with van der Waals surface area (Å²) in [6.45, 7) is 3.25. The number of anilines is 1. The summed E-state index contributed by atoms with van der Waals surface area (Å²) in [6.07, 6.45) is 1.29. The molecular formula is C16H13ClF2N2O3S. The number of sulfonamides is 1. The fourth-order valence-electron chi connectivity index (χ4n) is 1.88. The highest BCUT2D eigenvalue weighted by Crippen LogP contribution is 2.21. The summed E-state index contributed by atoms with van der Waals surface area (Å²) in [6, 6.07) is 6.43. The number of carbonyl (C=O) groups is 1. The van der Waals surface area contributed by atoms with Crippen molar-refractivity contribution in [2.75, 3.05) is 11.9 Å². The topological polar surface area (TPSA) is 75.3 Å². The molecule has 0 radical (unpaired) electrons. The highest BCUT2D eigenvalue weighted by Gasteiger charge is 2.21. The molecule has 0 atom stereocenters. The zero-order chi connectivity index (χ0) is 18.6. The first-order valence-corrected chi connectivity index (χ1v) is 8.77. The first kappa shape index (κ1) is 19.0. The predicted octanol–water partition coefficient (Wildman–Crippen LogP) is 3.33. The highest BCUT2D eigenvalue weighted by molar-refractivity contribution is 7.89. The molecule has 0 bridgehead atoms. The number of hydrogen-bond donors (Lipinski definition) is 2. The minimum atomic E-state index is -4.16. The van der Waals surface area contributed by atoms with Gasteiger partial charge in [0, 0.05) is 17.1 Å². The van der Waals surface area contributed by atoms with Gasteiger partial charge in [-0.15, -0.1) is 6.58 Å². The van der Waals surface area contributed by atoms with Gasteiger partial charge in [0.05, 0.1) is 5.69 Å². The van der Waals surface area contributed by atoms with E-state index in [0.717, 1.165) is 24.3 Å². The van der Waals surface area contributed by atoms with Crippen molar-refractivity contribution in [3.63, 3.8) is 0 Å². The molecule has 0 heterocycles. The van der Waals surface area contributed by atoms with Crippen molar-refractivity contribution < 1.29 is 22.0 Å². The second-order valence-electron chi connectivity index (χ2n) is 4.86. The van der Waals surface area contributed by atoms with E-state index in [4.69, 9.17) is 11.6 Å². The maximum Gasteiger partial charge on any atom is 0.255 e. The Kier molecular flexibility index (Phi) is 5.89. The molecule has 0 saturated carbocycles. The molecule has 2 N–H and O–H groups in total. The van der Waals surface area contributed by atoms with Crippen LogP contribution in [-0.4, -0.2) is 20.9 Å². The van der Waals surface area contributed by atoms with Crippen molar-refractivity contribution in [2.24, 2.45) is 0 Å². The Bertz CT molecular complexity index is 933. The second kappa shape index (κ2) is 7.73. The summed E-state index contributed by atoms with van der Waals surface area (Å²) in [4.78, 5) is 11.5. The van der Waals surface area contributed by atoms with Crippen LogP contribution in [0.4, 0.5) is 14.5 Å². The summed E-state index contributed by atoms with van der Waals surface area (Å²) in [5, 5.41) is 2.42. The standard InChI is InChI=1S/C16H13ClF2N2O3S/c1-2-7-20-25(23,24)15-8-10(3-5-12(15)18)16(22)21-14-6-4-11(17)9-13(14)19/h2-6,8-9,20H,1,7H2,(H,21,22). The van der Waals surface area contributed by atoms with Crippen LogP contribution in [0.2, 0.25) is 5.02 Å².